The molecule has 0 aromatic carbocycles. The molecule has 2 rings (SSSR count). The number of hydrogen-bond donors (Lipinski definition) is 2. The Labute approximate surface area is 124 Å². The quantitative estimate of drug-likeness (QED) is 0.818. The van der Waals surface area contributed by atoms with Crippen LogP contribution in [0.5, 0.6) is 0 Å². The third kappa shape index (κ3) is 3.29. The number of sulfonamides is 1. The van der Waals surface area contributed by atoms with E-state index in [0.717, 1.165) is 5.56 Å². The van der Waals surface area contributed by atoms with Gasteiger partial charge in [0.15, 0.2) is 0 Å². The van der Waals surface area contributed by atoms with Gasteiger partial charge in [-0.05, 0) is 31.7 Å². The van der Waals surface area contributed by atoms with Crippen LogP contribution >= 0.6 is 0 Å². The van der Waals surface area contributed by atoms with E-state index in [4.69, 9.17) is 0 Å². The normalized spacial score (nSPS) is 12.0. The average Bonchev–Trinajstić information content (AvgIpc) is 2.82. The van der Waals surface area contributed by atoms with Gasteiger partial charge in [-0.25, -0.2) is 8.42 Å². The number of aryl methyl sites for hydroxylation is 1. The van der Waals surface area contributed by atoms with E-state index in [0.29, 0.717) is 17.9 Å². The number of pyridine rings is 1. The Hall–Kier alpha value is -1.77. The van der Waals surface area contributed by atoms with Gasteiger partial charge in [0.2, 0.25) is 10.0 Å². The highest BCUT2D eigenvalue weighted by Gasteiger charge is 2.28. The molecule has 0 atom stereocenters. The van der Waals surface area contributed by atoms with E-state index in [1.807, 2.05) is 0 Å². The predicted molar refractivity (Wildman–Crippen MR) is 79.0 cm³/mol. The zero-order valence-corrected chi connectivity index (χ0v) is 13.1. The van der Waals surface area contributed by atoms with Crippen LogP contribution in [0.2, 0.25) is 0 Å². The molecule has 2 aromatic heterocycles. The second-order valence-corrected chi connectivity index (χ2v) is 6.75. The summed E-state index contributed by atoms with van der Waals surface area (Å²) in [6, 6.07) is 3.59. The van der Waals surface area contributed by atoms with E-state index in [2.05, 4.69) is 20.5 Å². The molecular formula is C13H19N5O2S. The molecular weight excluding hydrogens is 290 g/mol. The molecule has 2 N–H and O–H groups in total. The van der Waals surface area contributed by atoms with Crippen LogP contribution in [-0.2, 0) is 23.1 Å². The lowest BCUT2D eigenvalue weighted by Crippen LogP contribution is -2.28. The highest BCUT2D eigenvalue weighted by molar-refractivity contribution is 7.89. The Balaban J connectivity index is 2.31. The van der Waals surface area contributed by atoms with Crippen molar-refractivity contribution in [2.45, 2.75) is 24.9 Å². The van der Waals surface area contributed by atoms with Crippen molar-refractivity contribution in [2.75, 3.05) is 14.1 Å². The van der Waals surface area contributed by atoms with Crippen LogP contribution in [0.4, 0.5) is 0 Å². The van der Waals surface area contributed by atoms with E-state index < -0.39 is 10.0 Å². The fourth-order valence-electron chi connectivity index (χ4n) is 2.09. The second kappa shape index (κ2) is 6.33. The first kappa shape index (κ1) is 15.6. The Kier molecular flexibility index (Phi) is 4.71. The molecule has 0 aliphatic heterocycles. The van der Waals surface area contributed by atoms with Gasteiger partial charge < -0.3 is 5.32 Å². The van der Waals surface area contributed by atoms with Crippen LogP contribution in [0, 0.1) is 6.92 Å². The molecule has 2 aromatic rings. The molecule has 0 aliphatic rings. The van der Waals surface area contributed by atoms with Crippen LogP contribution in [0.25, 0.3) is 0 Å². The van der Waals surface area contributed by atoms with Gasteiger partial charge in [-0.3, -0.25) is 10.1 Å². The van der Waals surface area contributed by atoms with Crippen LogP contribution < -0.4 is 5.32 Å². The fourth-order valence-corrected chi connectivity index (χ4v) is 3.56. The smallest absolute Gasteiger partial charge is 0.246 e. The molecule has 0 saturated heterocycles. The van der Waals surface area contributed by atoms with Gasteiger partial charge in [-0.2, -0.15) is 9.40 Å². The van der Waals surface area contributed by atoms with Crippen molar-refractivity contribution in [3.63, 3.8) is 0 Å². The maximum atomic E-state index is 12.7. The summed E-state index contributed by atoms with van der Waals surface area (Å²) in [4.78, 5) is 4.17. The van der Waals surface area contributed by atoms with Crippen molar-refractivity contribution in [2.24, 2.45) is 0 Å². The first-order chi connectivity index (χ1) is 9.96. The van der Waals surface area contributed by atoms with E-state index in [1.54, 1.807) is 45.5 Å². The summed E-state index contributed by atoms with van der Waals surface area (Å²) in [6.45, 7) is 2.38. The standard InChI is InChI=1S/C13H19N5O2S/c1-10-13(12(8-14-2)17-16-10)21(19,20)18(3)9-11-4-6-15-7-5-11/h4-7,14H,8-9H2,1-3H3,(H,16,17). The van der Waals surface area contributed by atoms with Gasteiger partial charge in [0.25, 0.3) is 0 Å². The Morgan fingerprint density at radius 1 is 1.33 bits per heavy atom. The molecule has 0 aliphatic carbocycles. The largest absolute Gasteiger partial charge is 0.314 e. The first-order valence-corrected chi connectivity index (χ1v) is 7.94. The highest BCUT2D eigenvalue weighted by Crippen LogP contribution is 2.22. The maximum Gasteiger partial charge on any atom is 0.246 e. The molecule has 0 fully saturated rings. The number of H-pyrrole nitrogens is 1. The van der Waals surface area contributed by atoms with Gasteiger partial charge in [-0.1, -0.05) is 0 Å². The predicted octanol–water partition coefficient (Wildman–Crippen LogP) is 0.653. The second-order valence-electron chi connectivity index (χ2n) is 4.77. The van der Waals surface area contributed by atoms with Crippen molar-refractivity contribution < 1.29 is 8.42 Å². The lowest BCUT2D eigenvalue weighted by molar-refractivity contribution is 0.465. The minimum absolute atomic E-state index is 0.244. The van der Waals surface area contributed by atoms with Crippen molar-refractivity contribution >= 4 is 10.0 Å². The Morgan fingerprint density at radius 2 is 2.00 bits per heavy atom. The van der Waals surface area contributed by atoms with Crippen LogP contribution in [0.3, 0.4) is 0 Å². The van der Waals surface area contributed by atoms with E-state index >= 15 is 0 Å². The molecule has 7 nitrogen and oxygen atoms in total. The topological polar surface area (TPSA) is 91.0 Å². The van der Waals surface area contributed by atoms with Gasteiger partial charge in [-0.15, -0.1) is 0 Å². The molecule has 8 heteroatoms. The van der Waals surface area contributed by atoms with Gasteiger partial charge in [0, 0.05) is 32.5 Å². The van der Waals surface area contributed by atoms with Crippen LogP contribution in [0.1, 0.15) is 17.0 Å². The van der Waals surface area contributed by atoms with Crippen molar-refractivity contribution in [1.29, 1.82) is 0 Å². The minimum Gasteiger partial charge on any atom is -0.314 e. The van der Waals surface area contributed by atoms with Gasteiger partial charge in [0.05, 0.1) is 11.4 Å². The first-order valence-electron chi connectivity index (χ1n) is 6.50. The zero-order chi connectivity index (χ0) is 15.5. The highest BCUT2D eigenvalue weighted by atomic mass is 32.2. The Bertz CT molecular complexity index is 697. The molecule has 0 amide bonds. The summed E-state index contributed by atoms with van der Waals surface area (Å²) in [6.07, 6.45) is 3.29. The average molecular weight is 309 g/mol. The summed E-state index contributed by atoms with van der Waals surface area (Å²) in [5.74, 6) is 0. The number of aromatic amines is 1. The molecule has 114 valence electrons. The third-order valence-corrected chi connectivity index (χ3v) is 5.14. The number of rotatable bonds is 6. The molecule has 0 unspecified atom stereocenters. The van der Waals surface area contributed by atoms with E-state index in [1.165, 1.54) is 4.31 Å². The Morgan fingerprint density at radius 3 is 2.62 bits per heavy atom. The van der Waals surface area contributed by atoms with Gasteiger partial charge in [0.1, 0.15) is 4.90 Å². The molecule has 2 heterocycles. The summed E-state index contributed by atoms with van der Waals surface area (Å²) >= 11 is 0. The summed E-state index contributed by atoms with van der Waals surface area (Å²) < 4.78 is 26.8. The van der Waals surface area contributed by atoms with E-state index in [9.17, 15) is 8.42 Å². The number of aromatic nitrogens is 3. The minimum atomic E-state index is -3.60. The third-order valence-electron chi connectivity index (χ3n) is 3.13. The van der Waals surface area contributed by atoms with Crippen LogP contribution in [0.15, 0.2) is 29.4 Å². The number of nitrogens with zero attached hydrogens (tertiary/aromatic N) is 3. The molecule has 0 saturated carbocycles. The lowest BCUT2D eigenvalue weighted by atomic mass is 10.3. The summed E-state index contributed by atoms with van der Waals surface area (Å²) in [7, 11) is -0.286. The summed E-state index contributed by atoms with van der Waals surface area (Å²) in [5.41, 5.74) is 1.92. The molecule has 0 spiro atoms. The SMILES string of the molecule is CNCc1n[nH]c(C)c1S(=O)(=O)N(C)Cc1ccncc1. The zero-order valence-electron chi connectivity index (χ0n) is 12.3. The number of hydrogen-bond acceptors (Lipinski definition) is 5. The molecule has 0 bridgehead atoms. The monoisotopic (exact) mass is 309 g/mol. The number of nitrogens with one attached hydrogen (secondary N) is 2. The van der Waals surface area contributed by atoms with Crippen molar-refractivity contribution in [1.82, 2.24) is 24.8 Å². The summed E-state index contributed by atoms with van der Waals surface area (Å²) in [5, 5.41) is 9.72. The fraction of sp³-hybridized carbons (Fsp3) is 0.385. The maximum absolute atomic E-state index is 12.7. The molecule has 0 radical (unpaired) electrons. The van der Waals surface area contributed by atoms with Crippen LogP contribution in [-0.4, -0.2) is 42.0 Å². The molecule has 21 heavy (non-hydrogen) atoms. The van der Waals surface area contributed by atoms with Gasteiger partial charge >= 0.3 is 0 Å². The van der Waals surface area contributed by atoms with E-state index in [-0.39, 0.29) is 11.4 Å². The van der Waals surface area contributed by atoms with Crippen molar-refractivity contribution in [3.8, 4) is 0 Å². The van der Waals surface area contributed by atoms with Crippen molar-refractivity contribution in [3.05, 3.63) is 41.5 Å². The lowest BCUT2D eigenvalue weighted by Gasteiger charge is -2.17.